The van der Waals surface area contributed by atoms with Crippen LogP contribution < -0.4 is 15.4 Å². The molecule has 31 heavy (non-hydrogen) atoms. The van der Waals surface area contributed by atoms with Gasteiger partial charge in [0.05, 0.1) is 18.3 Å². The molecular formula is C22H25N7O2. The molecule has 4 aromatic heterocycles. The molecule has 0 amide bonds. The number of fused-ring (bicyclic) bond motifs is 1. The van der Waals surface area contributed by atoms with Crippen LogP contribution in [0.1, 0.15) is 5.69 Å². The first-order valence-corrected chi connectivity index (χ1v) is 10.3. The molecule has 1 atom stereocenters. The third-order valence-electron chi connectivity index (χ3n) is 5.18. The average molecular weight is 419 g/mol. The minimum absolute atomic E-state index is 0.0421. The van der Waals surface area contributed by atoms with Gasteiger partial charge in [0.15, 0.2) is 11.6 Å². The molecule has 0 radical (unpaired) electrons. The van der Waals surface area contributed by atoms with Gasteiger partial charge in [-0.15, -0.1) is 0 Å². The highest BCUT2D eigenvalue weighted by Gasteiger charge is 2.16. The molecule has 0 saturated carbocycles. The third kappa shape index (κ3) is 4.37. The Morgan fingerprint density at radius 1 is 1.19 bits per heavy atom. The van der Waals surface area contributed by atoms with Gasteiger partial charge in [0.1, 0.15) is 18.5 Å². The Labute approximate surface area is 180 Å². The summed E-state index contributed by atoms with van der Waals surface area (Å²) in [6.07, 6.45) is 5.66. The van der Waals surface area contributed by atoms with Crippen LogP contribution in [0.3, 0.4) is 0 Å². The van der Waals surface area contributed by atoms with Crippen molar-refractivity contribution < 1.29 is 9.47 Å². The number of rotatable bonds is 6. The van der Waals surface area contributed by atoms with Gasteiger partial charge in [-0.3, -0.25) is 9.67 Å². The predicted molar refractivity (Wildman–Crippen MR) is 118 cm³/mol. The van der Waals surface area contributed by atoms with Gasteiger partial charge in [0.2, 0.25) is 0 Å². The topological polar surface area (TPSA) is 90.5 Å². The number of hydrogen-bond acceptors (Lipinski definition) is 7. The minimum atomic E-state index is 0.0421. The fourth-order valence-electron chi connectivity index (χ4n) is 3.63. The summed E-state index contributed by atoms with van der Waals surface area (Å²) in [5.74, 6) is 2.24. The van der Waals surface area contributed by atoms with Gasteiger partial charge in [-0.1, -0.05) is 0 Å². The SMILES string of the molecule is Cc1cc(-c2ccn3nc(Nc4ccn(C)n4)cc3c2)c(OC[C@H]2CNCCO2)cn1. The largest absolute Gasteiger partial charge is 0.489 e. The van der Waals surface area contributed by atoms with Gasteiger partial charge in [-0.2, -0.15) is 10.2 Å². The van der Waals surface area contributed by atoms with E-state index in [1.807, 2.05) is 55.1 Å². The van der Waals surface area contributed by atoms with Gasteiger partial charge < -0.3 is 20.1 Å². The maximum atomic E-state index is 6.11. The Morgan fingerprint density at radius 3 is 2.94 bits per heavy atom. The van der Waals surface area contributed by atoms with Crippen molar-refractivity contribution in [3.05, 3.63) is 54.6 Å². The fourth-order valence-corrected chi connectivity index (χ4v) is 3.63. The lowest BCUT2D eigenvalue weighted by molar-refractivity contribution is 0.000245. The van der Waals surface area contributed by atoms with E-state index in [1.54, 1.807) is 10.9 Å². The average Bonchev–Trinajstić information content (AvgIpc) is 3.38. The first kappa shape index (κ1) is 19.5. The van der Waals surface area contributed by atoms with Gasteiger partial charge in [0.25, 0.3) is 0 Å². The molecule has 0 aliphatic carbocycles. The molecule has 2 N–H and O–H groups in total. The van der Waals surface area contributed by atoms with E-state index in [0.717, 1.165) is 52.8 Å². The van der Waals surface area contributed by atoms with E-state index in [1.165, 1.54) is 0 Å². The number of hydrogen-bond donors (Lipinski definition) is 2. The number of pyridine rings is 2. The summed E-state index contributed by atoms with van der Waals surface area (Å²) >= 11 is 0. The molecule has 1 aliphatic rings. The first-order valence-electron chi connectivity index (χ1n) is 10.3. The van der Waals surface area contributed by atoms with E-state index in [0.29, 0.717) is 13.2 Å². The molecule has 160 valence electrons. The number of aromatic nitrogens is 5. The van der Waals surface area contributed by atoms with E-state index in [2.05, 4.69) is 31.9 Å². The lowest BCUT2D eigenvalue weighted by Crippen LogP contribution is -2.41. The zero-order valence-corrected chi connectivity index (χ0v) is 17.6. The van der Waals surface area contributed by atoms with Crippen LogP contribution in [-0.2, 0) is 11.8 Å². The summed E-state index contributed by atoms with van der Waals surface area (Å²) in [6, 6.07) is 10.1. The molecule has 1 aliphatic heterocycles. The third-order valence-corrected chi connectivity index (χ3v) is 5.18. The van der Waals surface area contributed by atoms with Crippen molar-refractivity contribution in [2.24, 2.45) is 7.05 Å². The van der Waals surface area contributed by atoms with Crippen molar-refractivity contribution in [1.82, 2.24) is 29.7 Å². The van der Waals surface area contributed by atoms with Crippen LogP contribution in [0.25, 0.3) is 16.6 Å². The number of ether oxygens (including phenoxy) is 2. The van der Waals surface area contributed by atoms with Gasteiger partial charge in [-0.25, -0.2) is 4.52 Å². The van der Waals surface area contributed by atoms with Crippen molar-refractivity contribution in [3.63, 3.8) is 0 Å². The van der Waals surface area contributed by atoms with E-state index < -0.39 is 0 Å². The molecule has 5 rings (SSSR count). The molecule has 9 heteroatoms. The summed E-state index contributed by atoms with van der Waals surface area (Å²) in [5, 5.41) is 15.5. The standard InChI is InChI=1S/C22H25N7O2/c1-15-9-19(20(13-24-15)31-14-18-12-23-5-8-30-18)16-3-7-29-17(10-16)11-22(27-29)25-21-4-6-28(2)26-21/h3-4,6-7,9-11,13,18,23H,5,8,12,14H2,1-2H3,(H,25,26,27)/t18-/m1/s1. The van der Waals surface area contributed by atoms with Gasteiger partial charge >= 0.3 is 0 Å². The van der Waals surface area contributed by atoms with Crippen LogP contribution in [-0.4, -0.2) is 56.8 Å². The first-order chi connectivity index (χ1) is 15.1. The van der Waals surface area contributed by atoms with Crippen molar-refractivity contribution >= 4 is 17.2 Å². The highest BCUT2D eigenvalue weighted by Crippen LogP contribution is 2.31. The van der Waals surface area contributed by atoms with E-state index in [4.69, 9.17) is 9.47 Å². The number of anilines is 2. The number of aryl methyl sites for hydroxylation is 2. The van der Waals surface area contributed by atoms with Crippen LogP contribution in [0.15, 0.2) is 48.9 Å². The summed E-state index contributed by atoms with van der Waals surface area (Å²) in [7, 11) is 1.88. The molecule has 4 aromatic rings. The number of nitrogens with one attached hydrogen (secondary N) is 2. The molecule has 5 heterocycles. The van der Waals surface area contributed by atoms with Crippen molar-refractivity contribution in [1.29, 1.82) is 0 Å². The van der Waals surface area contributed by atoms with Crippen LogP contribution in [0, 0.1) is 6.92 Å². The minimum Gasteiger partial charge on any atom is -0.489 e. The Balaban J connectivity index is 1.40. The number of nitrogens with zero attached hydrogens (tertiary/aromatic N) is 5. The Morgan fingerprint density at radius 2 is 2.13 bits per heavy atom. The molecular weight excluding hydrogens is 394 g/mol. The molecule has 0 bridgehead atoms. The quantitative estimate of drug-likeness (QED) is 0.496. The zero-order chi connectivity index (χ0) is 21.2. The summed E-state index contributed by atoms with van der Waals surface area (Å²) < 4.78 is 15.4. The van der Waals surface area contributed by atoms with Gasteiger partial charge in [0, 0.05) is 55.9 Å². The van der Waals surface area contributed by atoms with Crippen molar-refractivity contribution in [2.75, 3.05) is 31.6 Å². The van der Waals surface area contributed by atoms with Crippen LogP contribution in [0.2, 0.25) is 0 Å². The summed E-state index contributed by atoms with van der Waals surface area (Å²) in [5.41, 5.74) is 3.94. The second-order valence-corrected chi connectivity index (χ2v) is 7.64. The Kier molecular flexibility index (Phi) is 5.27. The lowest BCUT2D eigenvalue weighted by atomic mass is 10.1. The predicted octanol–water partition coefficient (Wildman–Crippen LogP) is 2.55. The van der Waals surface area contributed by atoms with Crippen molar-refractivity contribution in [2.45, 2.75) is 13.0 Å². The molecule has 9 nitrogen and oxygen atoms in total. The lowest BCUT2D eigenvalue weighted by Gasteiger charge is -2.24. The summed E-state index contributed by atoms with van der Waals surface area (Å²) in [6.45, 7) is 4.85. The Bertz CT molecular complexity index is 1190. The maximum Gasteiger partial charge on any atom is 0.154 e. The summed E-state index contributed by atoms with van der Waals surface area (Å²) in [4.78, 5) is 4.43. The van der Waals surface area contributed by atoms with Crippen molar-refractivity contribution in [3.8, 4) is 16.9 Å². The second-order valence-electron chi connectivity index (χ2n) is 7.64. The Hall–Kier alpha value is -3.43. The zero-order valence-electron chi connectivity index (χ0n) is 17.6. The fraction of sp³-hybridized carbons (Fsp3) is 0.318. The van der Waals surface area contributed by atoms with E-state index in [-0.39, 0.29) is 6.10 Å². The monoisotopic (exact) mass is 419 g/mol. The second kappa shape index (κ2) is 8.37. The number of morpholine rings is 1. The van der Waals surface area contributed by atoms with E-state index >= 15 is 0 Å². The molecule has 0 spiro atoms. The molecule has 1 saturated heterocycles. The highest BCUT2D eigenvalue weighted by atomic mass is 16.5. The smallest absolute Gasteiger partial charge is 0.154 e. The van der Waals surface area contributed by atoms with Gasteiger partial charge in [-0.05, 0) is 30.7 Å². The molecule has 0 aromatic carbocycles. The van der Waals surface area contributed by atoms with Crippen LogP contribution in [0.4, 0.5) is 11.6 Å². The van der Waals surface area contributed by atoms with Crippen LogP contribution >= 0.6 is 0 Å². The highest BCUT2D eigenvalue weighted by molar-refractivity contribution is 5.75. The molecule has 0 unspecified atom stereocenters. The van der Waals surface area contributed by atoms with E-state index in [9.17, 15) is 0 Å². The van der Waals surface area contributed by atoms with Crippen LogP contribution in [0.5, 0.6) is 5.75 Å². The molecule has 1 fully saturated rings. The normalized spacial score (nSPS) is 16.5. The maximum absolute atomic E-state index is 6.11.